The van der Waals surface area contributed by atoms with E-state index in [9.17, 15) is 13.2 Å². The van der Waals surface area contributed by atoms with Crippen LogP contribution >= 0.6 is 11.3 Å². The molecule has 1 amide bonds. The summed E-state index contributed by atoms with van der Waals surface area (Å²) in [6.45, 7) is 0.945. The van der Waals surface area contributed by atoms with E-state index in [0.717, 1.165) is 29.0 Å². The predicted octanol–water partition coefficient (Wildman–Crippen LogP) is 2.53. The largest absolute Gasteiger partial charge is 0.312 e. The second-order valence-corrected chi connectivity index (χ2v) is 9.01. The van der Waals surface area contributed by atoms with Crippen molar-refractivity contribution in [3.8, 4) is 0 Å². The van der Waals surface area contributed by atoms with E-state index in [0.29, 0.717) is 19.5 Å². The van der Waals surface area contributed by atoms with Crippen LogP contribution in [-0.4, -0.2) is 20.9 Å². The fraction of sp³-hybridized carbons (Fsp3) is 0.353. The van der Waals surface area contributed by atoms with Gasteiger partial charge in [-0.2, -0.15) is 0 Å². The Labute approximate surface area is 145 Å². The molecule has 1 aromatic heterocycles. The minimum absolute atomic E-state index is 0.173. The number of nitrogens with zero attached hydrogens (tertiary/aromatic N) is 1. The van der Waals surface area contributed by atoms with Crippen molar-refractivity contribution in [1.29, 1.82) is 0 Å². The summed E-state index contributed by atoms with van der Waals surface area (Å²) >= 11 is 1.52. The average Bonchev–Trinajstić information content (AvgIpc) is 3.13. The van der Waals surface area contributed by atoms with Crippen LogP contribution in [0.1, 0.15) is 23.3 Å². The summed E-state index contributed by atoms with van der Waals surface area (Å²) in [7, 11) is -3.55. The molecule has 0 bridgehead atoms. The van der Waals surface area contributed by atoms with Crippen molar-refractivity contribution < 1.29 is 13.2 Å². The molecule has 1 aliphatic heterocycles. The summed E-state index contributed by atoms with van der Waals surface area (Å²) in [6, 6.07) is 8.86. The van der Waals surface area contributed by atoms with E-state index in [4.69, 9.17) is 0 Å². The van der Waals surface area contributed by atoms with E-state index < -0.39 is 10.0 Å². The normalized spacial score (nSPS) is 17.1. The van der Waals surface area contributed by atoms with Gasteiger partial charge in [-0.1, -0.05) is 6.07 Å². The average molecular weight is 362 g/mol. The molecule has 2 aliphatic rings. The number of anilines is 1. The molecule has 2 heterocycles. The van der Waals surface area contributed by atoms with E-state index in [1.165, 1.54) is 11.3 Å². The maximum Gasteiger partial charge on any atom is 0.240 e. The second-order valence-electron chi connectivity index (χ2n) is 6.21. The Morgan fingerprint density at radius 2 is 2.12 bits per heavy atom. The lowest BCUT2D eigenvalue weighted by Crippen LogP contribution is -2.30. The van der Waals surface area contributed by atoms with Crippen LogP contribution in [0.4, 0.5) is 5.69 Å². The number of thiophene rings is 1. The smallest absolute Gasteiger partial charge is 0.240 e. The Bertz CT molecular complexity index is 871. The van der Waals surface area contributed by atoms with Gasteiger partial charge in [-0.05, 0) is 54.5 Å². The van der Waals surface area contributed by atoms with E-state index in [2.05, 4.69) is 4.72 Å². The lowest BCUT2D eigenvalue weighted by molar-refractivity contribution is -0.119. The summed E-state index contributed by atoms with van der Waals surface area (Å²) < 4.78 is 27.6. The highest BCUT2D eigenvalue weighted by Crippen LogP contribution is 2.37. The van der Waals surface area contributed by atoms with Gasteiger partial charge < -0.3 is 4.90 Å². The fourth-order valence-electron chi connectivity index (χ4n) is 2.99. The number of amides is 1. The first-order valence-electron chi connectivity index (χ1n) is 8.01. The standard InChI is InChI=1S/C17H18N2O3S2/c20-17(12-3-4-12)19-8-7-13-10-15(5-6-16(13)19)24(21,22)18-11-14-2-1-9-23-14/h1-2,5-6,9-10,12,18H,3-4,7-8,11H2. The Hall–Kier alpha value is -1.70. The molecule has 0 radical (unpaired) electrons. The zero-order valence-electron chi connectivity index (χ0n) is 13.1. The predicted molar refractivity (Wildman–Crippen MR) is 93.6 cm³/mol. The molecule has 0 unspecified atom stereocenters. The summed E-state index contributed by atoms with van der Waals surface area (Å²) in [4.78, 5) is 15.3. The number of rotatable bonds is 5. The minimum Gasteiger partial charge on any atom is -0.312 e. The second kappa shape index (κ2) is 5.98. The lowest BCUT2D eigenvalue weighted by Gasteiger charge is -2.17. The molecule has 1 aromatic carbocycles. The van der Waals surface area contributed by atoms with E-state index in [1.54, 1.807) is 18.2 Å². The fourth-order valence-corrected chi connectivity index (χ4v) is 4.78. The number of nitrogens with one attached hydrogen (secondary N) is 1. The molecule has 1 aliphatic carbocycles. The molecule has 1 N–H and O–H groups in total. The van der Waals surface area contributed by atoms with Gasteiger partial charge >= 0.3 is 0 Å². The number of carbonyl (C=O) groups is 1. The monoisotopic (exact) mass is 362 g/mol. The highest BCUT2D eigenvalue weighted by atomic mass is 32.2. The quantitative estimate of drug-likeness (QED) is 0.889. The first-order valence-corrected chi connectivity index (χ1v) is 10.4. The van der Waals surface area contributed by atoms with E-state index >= 15 is 0 Å². The summed E-state index contributed by atoms with van der Waals surface area (Å²) in [5, 5.41) is 1.92. The molecule has 0 spiro atoms. The SMILES string of the molecule is O=C(C1CC1)N1CCc2cc(S(=O)(=O)NCc3cccs3)ccc21. The van der Waals surface area contributed by atoms with Gasteiger partial charge in [0.15, 0.2) is 0 Å². The summed E-state index contributed by atoms with van der Waals surface area (Å²) in [6.07, 6.45) is 2.66. The van der Waals surface area contributed by atoms with E-state index in [-0.39, 0.29) is 16.7 Å². The molecule has 0 atom stereocenters. The van der Waals surface area contributed by atoms with Crippen molar-refractivity contribution in [3.63, 3.8) is 0 Å². The molecule has 0 saturated heterocycles. The molecular weight excluding hydrogens is 344 g/mol. The lowest BCUT2D eigenvalue weighted by atomic mass is 10.2. The van der Waals surface area contributed by atoms with Crippen LogP contribution in [0.5, 0.6) is 0 Å². The molecular formula is C17H18N2O3S2. The number of hydrogen-bond donors (Lipinski definition) is 1. The third-order valence-corrected chi connectivity index (χ3v) is 6.74. The summed E-state index contributed by atoms with van der Waals surface area (Å²) in [5.74, 6) is 0.354. The van der Waals surface area contributed by atoms with Gasteiger partial charge in [0, 0.05) is 29.6 Å². The third-order valence-electron chi connectivity index (χ3n) is 4.47. The number of fused-ring (bicyclic) bond motifs is 1. The van der Waals surface area contributed by atoms with Gasteiger partial charge in [-0.25, -0.2) is 13.1 Å². The molecule has 2 aromatic rings. The van der Waals surface area contributed by atoms with Crippen LogP contribution in [0.2, 0.25) is 0 Å². The zero-order chi connectivity index (χ0) is 16.7. The molecule has 4 rings (SSSR count). The number of sulfonamides is 1. The van der Waals surface area contributed by atoms with Gasteiger partial charge in [-0.3, -0.25) is 4.79 Å². The minimum atomic E-state index is -3.55. The van der Waals surface area contributed by atoms with Gasteiger partial charge in [0.1, 0.15) is 0 Å². The topological polar surface area (TPSA) is 66.5 Å². The Morgan fingerprint density at radius 1 is 1.29 bits per heavy atom. The van der Waals surface area contributed by atoms with E-state index in [1.807, 2.05) is 22.4 Å². The van der Waals surface area contributed by atoms with Gasteiger partial charge in [0.25, 0.3) is 0 Å². The van der Waals surface area contributed by atoms with Crippen LogP contribution in [0.25, 0.3) is 0 Å². The Kier molecular flexibility index (Phi) is 3.94. The number of carbonyl (C=O) groups excluding carboxylic acids is 1. The molecule has 5 nitrogen and oxygen atoms in total. The van der Waals surface area contributed by atoms with Crippen LogP contribution < -0.4 is 9.62 Å². The maximum atomic E-state index is 12.5. The Balaban J connectivity index is 1.53. The maximum absolute atomic E-state index is 12.5. The van der Waals surface area contributed by atoms with Crippen molar-refractivity contribution in [2.24, 2.45) is 5.92 Å². The highest BCUT2D eigenvalue weighted by molar-refractivity contribution is 7.89. The van der Waals surface area contributed by atoms with Crippen LogP contribution in [0, 0.1) is 5.92 Å². The van der Waals surface area contributed by atoms with Crippen LogP contribution in [0.15, 0.2) is 40.6 Å². The van der Waals surface area contributed by atoms with Crippen LogP contribution in [0.3, 0.4) is 0 Å². The van der Waals surface area contributed by atoms with Crippen molar-refractivity contribution in [2.45, 2.75) is 30.7 Å². The molecule has 1 saturated carbocycles. The summed E-state index contributed by atoms with van der Waals surface area (Å²) in [5.41, 5.74) is 1.80. The highest BCUT2D eigenvalue weighted by Gasteiger charge is 2.36. The number of benzene rings is 1. The van der Waals surface area contributed by atoms with Gasteiger partial charge in [0.05, 0.1) is 4.90 Å². The first-order chi connectivity index (χ1) is 11.5. The van der Waals surface area contributed by atoms with Crippen molar-refractivity contribution in [3.05, 3.63) is 46.2 Å². The van der Waals surface area contributed by atoms with Crippen molar-refractivity contribution >= 4 is 33.0 Å². The van der Waals surface area contributed by atoms with Gasteiger partial charge in [-0.15, -0.1) is 11.3 Å². The molecule has 24 heavy (non-hydrogen) atoms. The molecule has 7 heteroatoms. The molecule has 126 valence electrons. The van der Waals surface area contributed by atoms with Crippen molar-refractivity contribution in [1.82, 2.24) is 4.72 Å². The zero-order valence-corrected chi connectivity index (χ0v) is 14.7. The third kappa shape index (κ3) is 2.99. The van der Waals surface area contributed by atoms with Crippen LogP contribution in [-0.2, 0) is 27.8 Å². The van der Waals surface area contributed by atoms with Crippen molar-refractivity contribution in [2.75, 3.05) is 11.4 Å². The van der Waals surface area contributed by atoms with Gasteiger partial charge in [0.2, 0.25) is 15.9 Å². The Morgan fingerprint density at radius 3 is 2.83 bits per heavy atom. The molecule has 1 fully saturated rings. The first kappa shape index (κ1) is 15.8. The number of hydrogen-bond acceptors (Lipinski definition) is 4.